The van der Waals surface area contributed by atoms with Crippen LogP contribution in [0.3, 0.4) is 0 Å². The number of fused-ring (bicyclic) bond motifs is 1. The van der Waals surface area contributed by atoms with Gasteiger partial charge in [0.15, 0.2) is 0 Å². The Kier molecular flexibility index (Phi) is 5.26. The molecule has 0 N–H and O–H groups in total. The van der Waals surface area contributed by atoms with Crippen molar-refractivity contribution < 1.29 is 4.39 Å². The van der Waals surface area contributed by atoms with Crippen LogP contribution in [0.1, 0.15) is 33.5 Å². The van der Waals surface area contributed by atoms with Gasteiger partial charge in [0.2, 0.25) is 0 Å². The number of aromatic nitrogens is 2. The number of rotatable bonds is 6. The number of halogens is 2. The van der Waals surface area contributed by atoms with E-state index in [1.165, 1.54) is 12.1 Å². The highest BCUT2D eigenvalue weighted by Gasteiger charge is 2.21. The largest absolute Gasteiger partial charge is 0.328 e. The van der Waals surface area contributed by atoms with Gasteiger partial charge in [0.05, 0.1) is 11.0 Å². The zero-order valence-corrected chi connectivity index (χ0v) is 14.0. The van der Waals surface area contributed by atoms with Gasteiger partial charge in [-0.2, -0.15) is 0 Å². The van der Waals surface area contributed by atoms with Gasteiger partial charge in [-0.3, -0.25) is 0 Å². The van der Waals surface area contributed by atoms with E-state index in [-0.39, 0.29) is 5.82 Å². The molecule has 0 aliphatic rings. The quantitative estimate of drug-likeness (QED) is 0.695. The molecular formula is C17H24ClFN2. The van der Waals surface area contributed by atoms with Crippen LogP contribution in [0.2, 0.25) is 0 Å². The van der Waals surface area contributed by atoms with E-state index in [0.717, 1.165) is 23.4 Å². The van der Waals surface area contributed by atoms with E-state index in [4.69, 9.17) is 11.6 Å². The highest BCUT2D eigenvalue weighted by Crippen LogP contribution is 2.26. The Labute approximate surface area is 131 Å². The van der Waals surface area contributed by atoms with Crippen molar-refractivity contribution in [1.82, 2.24) is 9.55 Å². The van der Waals surface area contributed by atoms with Crippen LogP contribution in [-0.4, -0.2) is 15.4 Å². The Morgan fingerprint density at radius 1 is 1.19 bits per heavy atom. The van der Waals surface area contributed by atoms with Crippen molar-refractivity contribution in [2.45, 2.75) is 40.7 Å². The summed E-state index contributed by atoms with van der Waals surface area (Å²) in [6.45, 7) is 9.92. The maximum absolute atomic E-state index is 13.4. The summed E-state index contributed by atoms with van der Waals surface area (Å²) in [5, 5.41) is 0. The maximum atomic E-state index is 13.4. The molecule has 0 spiro atoms. The fraction of sp³-hybridized carbons (Fsp3) is 0.588. The Morgan fingerprint density at radius 2 is 1.86 bits per heavy atom. The zero-order valence-electron chi connectivity index (χ0n) is 13.2. The fourth-order valence-corrected chi connectivity index (χ4v) is 3.20. The van der Waals surface area contributed by atoms with Gasteiger partial charge in [0.25, 0.3) is 0 Å². The van der Waals surface area contributed by atoms with E-state index in [0.29, 0.717) is 30.1 Å². The third-order valence-electron chi connectivity index (χ3n) is 4.21. The molecule has 0 aliphatic carbocycles. The van der Waals surface area contributed by atoms with Gasteiger partial charge in [-0.25, -0.2) is 9.37 Å². The van der Waals surface area contributed by atoms with Gasteiger partial charge in [-0.15, -0.1) is 11.6 Å². The van der Waals surface area contributed by atoms with Gasteiger partial charge < -0.3 is 4.57 Å². The van der Waals surface area contributed by atoms with Crippen molar-refractivity contribution in [2.24, 2.45) is 17.8 Å². The van der Waals surface area contributed by atoms with Crippen LogP contribution in [0.25, 0.3) is 11.0 Å². The number of aryl methyl sites for hydroxylation is 1. The molecule has 0 atom stereocenters. The molecule has 0 amide bonds. The zero-order chi connectivity index (χ0) is 15.6. The van der Waals surface area contributed by atoms with Crippen molar-refractivity contribution in [3.05, 3.63) is 29.8 Å². The van der Waals surface area contributed by atoms with Crippen molar-refractivity contribution in [2.75, 3.05) is 5.88 Å². The molecule has 0 fully saturated rings. The first-order valence-electron chi connectivity index (χ1n) is 7.64. The first-order chi connectivity index (χ1) is 9.93. The molecule has 1 aromatic heterocycles. The van der Waals surface area contributed by atoms with Crippen molar-refractivity contribution in [3.8, 4) is 0 Å². The van der Waals surface area contributed by atoms with Crippen LogP contribution < -0.4 is 0 Å². The molecule has 1 heterocycles. The lowest BCUT2D eigenvalue weighted by Gasteiger charge is -2.26. The van der Waals surface area contributed by atoms with Gasteiger partial charge in [0, 0.05) is 24.9 Å². The first kappa shape index (κ1) is 16.3. The molecule has 116 valence electrons. The van der Waals surface area contributed by atoms with E-state index in [1.807, 2.05) is 6.07 Å². The minimum Gasteiger partial charge on any atom is -0.328 e. The van der Waals surface area contributed by atoms with E-state index in [2.05, 4.69) is 37.2 Å². The monoisotopic (exact) mass is 310 g/mol. The second kappa shape index (κ2) is 6.78. The molecule has 2 nitrogen and oxygen atoms in total. The summed E-state index contributed by atoms with van der Waals surface area (Å²) in [7, 11) is 0. The number of benzene rings is 1. The third-order valence-corrected chi connectivity index (χ3v) is 4.40. The number of hydrogen-bond acceptors (Lipinski definition) is 1. The van der Waals surface area contributed by atoms with Crippen LogP contribution in [0.5, 0.6) is 0 Å². The SMILES string of the molecule is CC(C)C(Cn1c(CCCl)nc2cc(F)ccc21)C(C)C. The summed E-state index contributed by atoms with van der Waals surface area (Å²) in [6.07, 6.45) is 0.709. The molecule has 2 aromatic rings. The average molecular weight is 311 g/mol. The van der Waals surface area contributed by atoms with Gasteiger partial charge in [-0.05, 0) is 29.9 Å². The van der Waals surface area contributed by atoms with Crippen LogP contribution >= 0.6 is 11.6 Å². The first-order valence-corrected chi connectivity index (χ1v) is 8.18. The Morgan fingerprint density at radius 3 is 2.43 bits per heavy atom. The predicted octanol–water partition coefficient (Wildman–Crippen LogP) is 4.88. The second-order valence-corrected chi connectivity index (χ2v) is 6.74. The molecule has 4 heteroatoms. The standard InChI is InChI=1S/C17H24ClFN2/c1-11(2)14(12(3)4)10-21-16-6-5-13(19)9-15(16)20-17(21)7-8-18/h5-6,9,11-12,14H,7-8,10H2,1-4H3. The molecule has 21 heavy (non-hydrogen) atoms. The summed E-state index contributed by atoms with van der Waals surface area (Å²) in [5.41, 5.74) is 1.73. The van der Waals surface area contributed by atoms with Crippen molar-refractivity contribution in [1.29, 1.82) is 0 Å². The second-order valence-electron chi connectivity index (χ2n) is 6.36. The summed E-state index contributed by atoms with van der Waals surface area (Å²) < 4.78 is 15.6. The number of imidazole rings is 1. The van der Waals surface area contributed by atoms with Crippen LogP contribution in [-0.2, 0) is 13.0 Å². The normalized spacial score (nSPS) is 12.2. The number of nitrogens with zero attached hydrogens (tertiary/aromatic N) is 2. The molecule has 0 bridgehead atoms. The minimum absolute atomic E-state index is 0.242. The van der Waals surface area contributed by atoms with E-state index >= 15 is 0 Å². The topological polar surface area (TPSA) is 17.8 Å². The Balaban J connectivity index is 2.46. The average Bonchev–Trinajstić information content (AvgIpc) is 2.72. The lowest BCUT2D eigenvalue weighted by molar-refractivity contribution is 0.252. The Hall–Kier alpha value is -1.09. The molecule has 0 radical (unpaired) electrons. The van der Waals surface area contributed by atoms with E-state index in [1.54, 1.807) is 0 Å². The maximum Gasteiger partial charge on any atom is 0.125 e. The van der Waals surface area contributed by atoms with Crippen LogP contribution in [0, 0.1) is 23.6 Å². The van der Waals surface area contributed by atoms with Crippen molar-refractivity contribution in [3.63, 3.8) is 0 Å². The molecule has 0 saturated heterocycles. The summed E-state index contributed by atoms with van der Waals surface area (Å²) in [4.78, 5) is 4.57. The highest BCUT2D eigenvalue weighted by atomic mass is 35.5. The molecule has 1 aromatic carbocycles. The van der Waals surface area contributed by atoms with E-state index in [9.17, 15) is 4.39 Å². The summed E-state index contributed by atoms with van der Waals surface area (Å²) >= 11 is 5.90. The van der Waals surface area contributed by atoms with Crippen LogP contribution in [0.15, 0.2) is 18.2 Å². The molecule has 0 saturated carbocycles. The summed E-state index contributed by atoms with van der Waals surface area (Å²) in [6, 6.07) is 4.83. The van der Waals surface area contributed by atoms with Crippen molar-refractivity contribution >= 4 is 22.6 Å². The molecule has 0 aliphatic heterocycles. The molecule has 0 unspecified atom stereocenters. The number of alkyl halides is 1. The smallest absolute Gasteiger partial charge is 0.125 e. The number of hydrogen-bond donors (Lipinski definition) is 0. The van der Waals surface area contributed by atoms with Crippen LogP contribution in [0.4, 0.5) is 4.39 Å². The Bertz CT molecular complexity index is 596. The fourth-order valence-electron chi connectivity index (χ4n) is 3.03. The highest BCUT2D eigenvalue weighted by molar-refractivity contribution is 6.17. The third kappa shape index (κ3) is 3.57. The lowest BCUT2D eigenvalue weighted by atomic mass is 9.85. The van der Waals surface area contributed by atoms with Gasteiger partial charge in [0.1, 0.15) is 11.6 Å². The van der Waals surface area contributed by atoms with E-state index < -0.39 is 0 Å². The predicted molar refractivity (Wildman–Crippen MR) is 87.3 cm³/mol. The molecular weight excluding hydrogens is 287 g/mol. The van der Waals surface area contributed by atoms with Gasteiger partial charge in [-0.1, -0.05) is 27.7 Å². The summed E-state index contributed by atoms with van der Waals surface area (Å²) in [5.74, 6) is 2.98. The van der Waals surface area contributed by atoms with Gasteiger partial charge >= 0.3 is 0 Å². The lowest BCUT2D eigenvalue weighted by Crippen LogP contribution is -2.23. The minimum atomic E-state index is -0.242. The molecule has 2 rings (SSSR count).